The number of benzene rings is 2. The van der Waals surface area contributed by atoms with E-state index in [-0.39, 0.29) is 50.6 Å². The fourth-order valence-corrected chi connectivity index (χ4v) is 8.21. The second-order valence-electron chi connectivity index (χ2n) is 16.2. The molecule has 6 N–H and O–H groups in total. The van der Waals surface area contributed by atoms with Gasteiger partial charge in [0.2, 0.25) is 0 Å². The molecular formula is C44H58N2O13. The highest BCUT2D eigenvalue weighted by atomic mass is 16.7. The predicted octanol–water partition coefficient (Wildman–Crippen LogP) is 6.44. The van der Waals surface area contributed by atoms with Gasteiger partial charge in [-0.05, 0) is 45.6 Å². The molecule has 3 aliphatic heterocycles. The third kappa shape index (κ3) is 9.07. The molecule has 9 atom stereocenters. The van der Waals surface area contributed by atoms with E-state index in [0.29, 0.717) is 0 Å². The molecule has 3 heterocycles. The minimum Gasteiger partial charge on any atom is -0.507 e. The van der Waals surface area contributed by atoms with Gasteiger partial charge in [0.25, 0.3) is 11.7 Å². The maximum Gasteiger partial charge on any atom is 0.312 e. The van der Waals surface area contributed by atoms with E-state index in [0.717, 1.165) is 38.3 Å². The Balaban J connectivity index is 1.69. The van der Waals surface area contributed by atoms with Gasteiger partial charge in [-0.25, -0.2) is 0 Å². The number of aliphatic hydroxyl groups excluding tert-OH is 2. The fraction of sp³-hybridized carbons (Fsp3) is 0.545. The zero-order chi connectivity index (χ0) is 43.5. The zero-order valence-corrected chi connectivity index (χ0v) is 35.1. The summed E-state index contributed by atoms with van der Waals surface area (Å²) in [4.78, 5) is 46.2. The Labute approximate surface area is 344 Å². The Morgan fingerprint density at radius 3 is 2.25 bits per heavy atom. The van der Waals surface area contributed by atoms with Crippen LogP contribution in [0, 0.1) is 30.6 Å². The number of anilines is 1. The van der Waals surface area contributed by atoms with E-state index in [1.54, 1.807) is 39.8 Å². The van der Waals surface area contributed by atoms with Crippen LogP contribution in [0.2, 0.25) is 0 Å². The molecule has 59 heavy (non-hydrogen) atoms. The van der Waals surface area contributed by atoms with Gasteiger partial charge in [-0.1, -0.05) is 57.5 Å². The van der Waals surface area contributed by atoms with E-state index in [1.807, 2.05) is 0 Å². The SMILES string of the molecule is COC1/C=C/OC2(C)Oc3c(C)c(O)c4c(O)c(c(/C=N\OC5CCCCC5)c(O)c4c3C2=O)NC(=O)/C(C)=C/C=C/C(C)C(O)C(C)C(O)C(C)C(OC(C)=O)C1C. The van der Waals surface area contributed by atoms with Gasteiger partial charge < -0.3 is 54.6 Å². The average Bonchev–Trinajstić information content (AvgIpc) is 3.47. The minimum absolute atomic E-state index is 0.0450. The van der Waals surface area contributed by atoms with Crippen LogP contribution in [0.5, 0.6) is 23.0 Å². The van der Waals surface area contributed by atoms with E-state index < -0.39 is 88.8 Å². The number of phenols is 3. The lowest BCUT2D eigenvalue weighted by Crippen LogP contribution is -2.46. The number of carbonyl (C=O) groups excluding carboxylic acids is 3. The number of aromatic hydroxyl groups is 3. The molecule has 0 spiro atoms. The van der Waals surface area contributed by atoms with Crippen LogP contribution in [0.15, 0.2) is 41.3 Å². The lowest BCUT2D eigenvalue weighted by Gasteiger charge is -2.38. The summed E-state index contributed by atoms with van der Waals surface area (Å²) < 4.78 is 23.6. The maximum absolute atomic E-state index is 14.4. The van der Waals surface area contributed by atoms with E-state index in [9.17, 15) is 39.9 Å². The highest BCUT2D eigenvalue weighted by Gasteiger charge is 2.50. The van der Waals surface area contributed by atoms with Crippen molar-refractivity contribution in [2.75, 3.05) is 12.4 Å². The largest absolute Gasteiger partial charge is 0.507 e. The number of Topliss-reactive ketones (excluding diaryl/α,β-unsaturated/α-hetero) is 1. The Morgan fingerprint density at radius 2 is 1.61 bits per heavy atom. The number of hydrogen-bond acceptors (Lipinski definition) is 14. The van der Waals surface area contributed by atoms with Crippen molar-refractivity contribution in [1.29, 1.82) is 0 Å². The Bertz CT molecular complexity index is 2050. The number of methoxy groups -OCH3 is 1. The van der Waals surface area contributed by atoms with Crippen molar-refractivity contribution in [2.24, 2.45) is 28.8 Å². The van der Waals surface area contributed by atoms with Gasteiger partial charge >= 0.3 is 11.8 Å². The molecule has 15 nitrogen and oxygen atoms in total. The number of hydrogen-bond donors (Lipinski definition) is 6. The summed E-state index contributed by atoms with van der Waals surface area (Å²) in [7, 11) is 1.43. The topological polar surface area (TPSA) is 223 Å². The number of aliphatic hydroxyl groups is 2. The lowest BCUT2D eigenvalue weighted by atomic mass is 9.78. The number of allylic oxidation sites excluding steroid dienone is 2. The molecule has 2 aromatic carbocycles. The van der Waals surface area contributed by atoms with Crippen molar-refractivity contribution in [1.82, 2.24) is 0 Å². The third-order valence-electron chi connectivity index (χ3n) is 12.0. The van der Waals surface area contributed by atoms with Crippen LogP contribution in [0.25, 0.3) is 10.8 Å². The summed E-state index contributed by atoms with van der Waals surface area (Å²) in [5.41, 5.74) is -0.511. The Hall–Kier alpha value is -5.12. The summed E-state index contributed by atoms with van der Waals surface area (Å²) in [5.74, 6) is -8.50. The van der Waals surface area contributed by atoms with Crippen LogP contribution in [0.1, 0.15) is 102 Å². The van der Waals surface area contributed by atoms with Crippen LogP contribution in [0.3, 0.4) is 0 Å². The molecule has 0 aromatic heterocycles. The molecule has 15 heteroatoms. The molecule has 1 fully saturated rings. The molecule has 1 aliphatic carbocycles. The highest BCUT2D eigenvalue weighted by Crippen LogP contribution is 2.55. The number of rotatable bonds is 5. The number of phenolic OH excluding ortho intramolecular Hbond substituents is 3. The van der Waals surface area contributed by atoms with Crippen LogP contribution >= 0.6 is 0 Å². The van der Waals surface area contributed by atoms with Gasteiger partial charge in [0.05, 0.1) is 53.0 Å². The molecule has 6 rings (SSSR count). The van der Waals surface area contributed by atoms with E-state index in [2.05, 4.69) is 10.5 Å². The number of nitrogens with zero attached hydrogens (tertiary/aromatic N) is 1. The number of amides is 1. The summed E-state index contributed by atoms with van der Waals surface area (Å²) in [6.45, 7) is 12.5. The van der Waals surface area contributed by atoms with Gasteiger partial charge in [-0.3, -0.25) is 14.4 Å². The number of oxime groups is 1. The van der Waals surface area contributed by atoms with E-state index in [1.165, 1.54) is 53.2 Å². The number of esters is 1. The van der Waals surface area contributed by atoms with Crippen LogP contribution in [-0.2, 0) is 28.6 Å². The second-order valence-corrected chi connectivity index (χ2v) is 16.2. The van der Waals surface area contributed by atoms with Crippen LogP contribution in [0.4, 0.5) is 5.69 Å². The first kappa shape index (κ1) is 45.0. The molecule has 2 aromatic rings. The van der Waals surface area contributed by atoms with Crippen molar-refractivity contribution in [2.45, 2.75) is 124 Å². The van der Waals surface area contributed by atoms with Gasteiger partial charge in [-0.2, -0.15) is 0 Å². The fourth-order valence-electron chi connectivity index (χ4n) is 8.21. The number of fused-ring (bicyclic) bond motifs is 14. The summed E-state index contributed by atoms with van der Waals surface area (Å²) in [6.07, 6.45) is 9.03. The average molecular weight is 823 g/mol. The van der Waals surface area contributed by atoms with Crippen LogP contribution in [-0.4, -0.2) is 92.8 Å². The Morgan fingerprint density at radius 1 is 0.932 bits per heavy atom. The quantitative estimate of drug-likeness (QED) is 0.0629. The zero-order valence-electron chi connectivity index (χ0n) is 35.1. The number of ether oxygens (including phenoxy) is 4. The first-order valence-electron chi connectivity index (χ1n) is 20.1. The second kappa shape index (κ2) is 18.4. The monoisotopic (exact) mass is 822 g/mol. The molecule has 5 bridgehead atoms. The smallest absolute Gasteiger partial charge is 0.312 e. The van der Waals surface area contributed by atoms with E-state index in [4.69, 9.17) is 23.8 Å². The Kier molecular flexibility index (Phi) is 14.0. The maximum atomic E-state index is 14.4. The highest BCUT2D eigenvalue weighted by molar-refractivity contribution is 6.23. The third-order valence-corrected chi connectivity index (χ3v) is 12.0. The first-order chi connectivity index (χ1) is 27.8. The number of nitrogens with one attached hydrogen (secondary N) is 1. The molecule has 322 valence electrons. The molecular weight excluding hydrogens is 764 g/mol. The van der Waals surface area contributed by atoms with Crippen molar-refractivity contribution < 1.29 is 63.7 Å². The number of carbonyl (C=O) groups is 3. The minimum atomic E-state index is -2.05. The van der Waals surface area contributed by atoms with Gasteiger partial charge in [0.1, 0.15) is 29.5 Å². The predicted molar refractivity (Wildman–Crippen MR) is 219 cm³/mol. The molecule has 9 unspecified atom stereocenters. The summed E-state index contributed by atoms with van der Waals surface area (Å²) in [5, 5.41) is 64.4. The molecule has 0 saturated heterocycles. The van der Waals surface area contributed by atoms with Gasteiger partial charge in [-0.15, -0.1) is 0 Å². The normalized spacial score (nSPS) is 31.9. The number of ketones is 1. The van der Waals surface area contributed by atoms with Crippen molar-refractivity contribution >= 4 is 40.3 Å². The van der Waals surface area contributed by atoms with Crippen LogP contribution < -0.4 is 10.1 Å². The van der Waals surface area contributed by atoms with Crippen molar-refractivity contribution in [3.63, 3.8) is 0 Å². The molecule has 4 aliphatic rings. The molecule has 0 radical (unpaired) electrons. The van der Waals surface area contributed by atoms with Gasteiger partial charge in [0, 0.05) is 61.2 Å². The molecule has 1 amide bonds. The lowest BCUT2D eigenvalue weighted by molar-refractivity contribution is -0.160. The summed E-state index contributed by atoms with van der Waals surface area (Å²) in [6, 6.07) is 0. The van der Waals surface area contributed by atoms with Crippen molar-refractivity contribution in [3.05, 3.63) is 52.8 Å². The summed E-state index contributed by atoms with van der Waals surface area (Å²) >= 11 is 0. The van der Waals surface area contributed by atoms with E-state index >= 15 is 0 Å². The standard InChI is InChI=1S/C44H58N2O13/c1-21-14-13-15-22(2)43(54)46-34-29(20-45-59-28-16-11-10-12-17-28)38(51)31-32(39(34)52)37(50)26(6)41-33(31)42(53)44(8,58-41)56-19-18-30(55-9)23(3)40(57-27(7)47)25(5)36(49)24(4)35(21)48/h13-15,18-21,23-25,28,30,35-36,40,48-52H,10-12,16-17H2,1-9H3,(H,46,54)/b14-13+,19-18+,22-15+,45-20-. The first-order valence-corrected chi connectivity index (χ1v) is 20.1. The van der Waals surface area contributed by atoms with Crippen molar-refractivity contribution in [3.8, 4) is 23.0 Å². The van der Waals surface area contributed by atoms with Gasteiger partial charge in [0.15, 0.2) is 5.75 Å². The molecule has 1 saturated carbocycles.